The SMILES string of the molecule is Cc1ccc(/C=N/NC(=O)CCC(=O)Nc2ccc(C)cc2C)cc1. The first-order chi connectivity index (χ1) is 11.9. The lowest BCUT2D eigenvalue weighted by atomic mass is 10.1. The lowest BCUT2D eigenvalue weighted by Crippen LogP contribution is -2.20. The van der Waals surface area contributed by atoms with Crippen LogP contribution in [-0.2, 0) is 9.59 Å². The summed E-state index contributed by atoms with van der Waals surface area (Å²) in [6.07, 6.45) is 1.77. The molecule has 2 aromatic rings. The van der Waals surface area contributed by atoms with Crippen molar-refractivity contribution in [3.05, 3.63) is 64.7 Å². The van der Waals surface area contributed by atoms with Crippen LogP contribution in [0.5, 0.6) is 0 Å². The van der Waals surface area contributed by atoms with E-state index in [-0.39, 0.29) is 24.7 Å². The minimum Gasteiger partial charge on any atom is -0.326 e. The Kier molecular flexibility index (Phi) is 6.46. The summed E-state index contributed by atoms with van der Waals surface area (Å²) in [6.45, 7) is 5.95. The topological polar surface area (TPSA) is 70.6 Å². The number of nitrogens with zero attached hydrogens (tertiary/aromatic N) is 1. The quantitative estimate of drug-likeness (QED) is 0.626. The Labute approximate surface area is 148 Å². The van der Waals surface area contributed by atoms with Gasteiger partial charge in [0.2, 0.25) is 11.8 Å². The monoisotopic (exact) mass is 337 g/mol. The Balaban J connectivity index is 1.75. The van der Waals surface area contributed by atoms with E-state index in [2.05, 4.69) is 15.8 Å². The van der Waals surface area contributed by atoms with Gasteiger partial charge in [-0.1, -0.05) is 47.5 Å². The fourth-order valence-corrected chi connectivity index (χ4v) is 2.28. The summed E-state index contributed by atoms with van der Waals surface area (Å²) in [5.41, 5.74) is 7.41. The van der Waals surface area contributed by atoms with Crippen LogP contribution in [0, 0.1) is 20.8 Å². The third-order valence-electron chi connectivity index (χ3n) is 3.72. The average Bonchev–Trinajstić information content (AvgIpc) is 2.57. The Morgan fingerprint density at radius 2 is 1.56 bits per heavy atom. The molecule has 2 amide bonds. The number of benzene rings is 2. The highest BCUT2D eigenvalue weighted by Gasteiger charge is 2.08. The number of carbonyl (C=O) groups excluding carboxylic acids is 2. The number of rotatable bonds is 6. The first-order valence-electron chi connectivity index (χ1n) is 8.20. The van der Waals surface area contributed by atoms with Gasteiger partial charge in [-0.25, -0.2) is 5.43 Å². The highest BCUT2D eigenvalue weighted by Crippen LogP contribution is 2.16. The second kappa shape index (κ2) is 8.78. The molecule has 2 N–H and O–H groups in total. The molecule has 0 atom stereocenters. The predicted octanol–water partition coefficient (Wildman–Crippen LogP) is 3.48. The van der Waals surface area contributed by atoms with Crippen molar-refractivity contribution >= 4 is 23.7 Å². The first-order valence-corrected chi connectivity index (χ1v) is 8.20. The van der Waals surface area contributed by atoms with Crippen LogP contribution in [0.25, 0.3) is 0 Å². The molecular formula is C20H23N3O2. The van der Waals surface area contributed by atoms with E-state index in [4.69, 9.17) is 0 Å². The maximum atomic E-state index is 12.0. The fraction of sp³-hybridized carbons (Fsp3) is 0.250. The molecule has 2 rings (SSSR count). The van der Waals surface area contributed by atoms with Crippen molar-refractivity contribution in [3.63, 3.8) is 0 Å². The molecule has 0 saturated carbocycles. The van der Waals surface area contributed by atoms with E-state index < -0.39 is 0 Å². The molecule has 5 nitrogen and oxygen atoms in total. The summed E-state index contributed by atoms with van der Waals surface area (Å²) in [7, 11) is 0. The number of carbonyl (C=O) groups is 2. The van der Waals surface area contributed by atoms with Crippen molar-refractivity contribution in [1.29, 1.82) is 0 Å². The lowest BCUT2D eigenvalue weighted by Gasteiger charge is -2.08. The number of amides is 2. The Bertz CT molecular complexity index is 780. The highest BCUT2D eigenvalue weighted by atomic mass is 16.2. The molecule has 0 bridgehead atoms. The molecule has 0 aromatic heterocycles. The second-order valence-corrected chi connectivity index (χ2v) is 6.07. The van der Waals surface area contributed by atoms with Gasteiger partial charge in [0.25, 0.3) is 0 Å². The fourth-order valence-electron chi connectivity index (χ4n) is 2.28. The normalized spacial score (nSPS) is 10.7. The molecule has 0 spiro atoms. The Hall–Kier alpha value is -2.95. The number of aryl methyl sites for hydroxylation is 3. The molecule has 0 aliphatic carbocycles. The zero-order valence-electron chi connectivity index (χ0n) is 14.8. The van der Waals surface area contributed by atoms with Crippen LogP contribution in [0.4, 0.5) is 5.69 Å². The van der Waals surface area contributed by atoms with Crippen LogP contribution >= 0.6 is 0 Å². The van der Waals surface area contributed by atoms with Gasteiger partial charge < -0.3 is 5.32 Å². The van der Waals surface area contributed by atoms with Crippen LogP contribution in [0.2, 0.25) is 0 Å². The summed E-state index contributed by atoms with van der Waals surface area (Å²) in [5, 5.41) is 6.72. The van der Waals surface area contributed by atoms with Gasteiger partial charge in [0, 0.05) is 18.5 Å². The Morgan fingerprint density at radius 1 is 0.920 bits per heavy atom. The number of hydrogen-bond acceptors (Lipinski definition) is 3. The average molecular weight is 337 g/mol. The third-order valence-corrected chi connectivity index (χ3v) is 3.72. The van der Waals surface area contributed by atoms with Crippen molar-refractivity contribution in [1.82, 2.24) is 5.43 Å². The molecule has 0 unspecified atom stereocenters. The van der Waals surface area contributed by atoms with Crippen LogP contribution in [0.1, 0.15) is 35.1 Å². The van der Waals surface area contributed by atoms with Crippen LogP contribution in [-0.4, -0.2) is 18.0 Å². The molecule has 5 heteroatoms. The van der Waals surface area contributed by atoms with Gasteiger partial charge >= 0.3 is 0 Å². The predicted molar refractivity (Wildman–Crippen MR) is 101 cm³/mol. The molecule has 0 saturated heterocycles. The number of hydrogen-bond donors (Lipinski definition) is 2. The maximum Gasteiger partial charge on any atom is 0.240 e. The van der Waals surface area contributed by atoms with Gasteiger partial charge in [-0.3, -0.25) is 9.59 Å². The molecular weight excluding hydrogens is 314 g/mol. The summed E-state index contributed by atoms with van der Waals surface area (Å²) in [4.78, 5) is 23.7. The van der Waals surface area contributed by atoms with E-state index in [1.165, 1.54) is 0 Å². The van der Waals surface area contributed by atoms with E-state index in [9.17, 15) is 9.59 Å². The lowest BCUT2D eigenvalue weighted by molar-refractivity contribution is -0.124. The Morgan fingerprint density at radius 3 is 2.24 bits per heavy atom. The van der Waals surface area contributed by atoms with Crippen molar-refractivity contribution in [3.8, 4) is 0 Å². The van der Waals surface area contributed by atoms with Gasteiger partial charge in [-0.15, -0.1) is 0 Å². The van der Waals surface area contributed by atoms with Gasteiger partial charge in [0.05, 0.1) is 6.21 Å². The maximum absolute atomic E-state index is 12.0. The van der Waals surface area contributed by atoms with Crippen molar-refractivity contribution in [2.75, 3.05) is 5.32 Å². The standard InChI is InChI=1S/C20H23N3O2/c1-14-4-7-17(8-5-14)13-21-23-20(25)11-10-19(24)22-18-9-6-15(2)12-16(18)3/h4-9,12-13H,10-11H2,1-3H3,(H,22,24)(H,23,25)/b21-13+. The van der Waals surface area contributed by atoms with Gasteiger partial charge in [-0.2, -0.15) is 5.10 Å². The first kappa shape index (κ1) is 18.4. The second-order valence-electron chi connectivity index (χ2n) is 6.07. The summed E-state index contributed by atoms with van der Waals surface area (Å²) < 4.78 is 0. The van der Waals surface area contributed by atoms with E-state index in [0.717, 1.165) is 27.9 Å². The minimum absolute atomic E-state index is 0.0853. The molecule has 2 aromatic carbocycles. The molecule has 0 aliphatic heterocycles. The molecule has 130 valence electrons. The molecule has 0 heterocycles. The summed E-state index contributed by atoms with van der Waals surface area (Å²) >= 11 is 0. The summed E-state index contributed by atoms with van der Waals surface area (Å²) in [5.74, 6) is -0.483. The number of nitrogens with one attached hydrogen (secondary N) is 2. The zero-order chi connectivity index (χ0) is 18.2. The van der Waals surface area contributed by atoms with Gasteiger partial charge in [-0.05, 0) is 38.0 Å². The minimum atomic E-state index is -0.292. The largest absolute Gasteiger partial charge is 0.326 e. The van der Waals surface area contributed by atoms with E-state index in [0.29, 0.717) is 0 Å². The van der Waals surface area contributed by atoms with Gasteiger partial charge in [0.1, 0.15) is 0 Å². The van der Waals surface area contributed by atoms with E-state index >= 15 is 0 Å². The molecule has 0 fully saturated rings. The number of hydrazone groups is 1. The van der Waals surface area contributed by atoms with Crippen molar-refractivity contribution < 1.29 is 9.59 Å². The molecule has 0 radical (unpaired) electrons. The van der Waals surface area contributed by atoms with Crippen LogP contribution in [0.3, 0.4) is 0 Å². The van der Waals surface area contributed by atoms with Crippen molar-refractivity contribution in [2.45, 2.75) is 33.6 Å². The van der Waals surface area contributed by atoms with Gasteiger partial charge in [0.15, 0.2) is 0 Å². The van der Waals surface area contributed by atoms with Crippen molar-refractivity contribution in [2.24, 2.45) is 5.10 Å². The zero-order valence-corrected chi connectivity index (χ0v) is 14.8. The van der Waals surface area contributed by atoms with E-state index in [1.807, 2.05) is 63.2 Å². The summed E-state index contributed by atoms with van der Waals surface area (Å²) in [6, 6.07) is 13.6. The van der Waals surface area contributed by atoms with E-state index in [1.54, 1.807) is 6.21 Å². The third kappa shape index (κ3) is 6.22. The van der Waals surface area contributed by atoms with Crippen LogP contribution in [0.15, 0.2) is 47.6 Å². The smallest absolute Gasteiger partial charge is 0.240 e. The molecule has 0 aliphatic rings. The molecule has 25 heavy (non-hydrogen) atoms. The van der Waals surface area contributed by atoms with Crippen LogP contribution < -0.4 is 10.7 Å². The number of anilines is 1. The highest BCUT2D eigenvalue weighted by molar-refractivity contribution is 5.94.